The fraction of sp³-hybridized carbons (Fsp3) is 0.355. The van der Waals surface area contributed by atoms with Crippen molar-refractivity contribution in [2.75, 3.05) is 23.7 Å². The molecule has 3 aromatic rings. The molecule has 9 heteroatoms. The van der Waals surface area contributed by atoms with Crippen LogP contribution < -0.4 is 9.62 Å². The Bertz CT molecular complexity index is 1350. The van der Waals surface area contributed by atoms with Gasteiger partial charge in [-0.1, -0.05) is 86.1 Å². The lowest BCUT2D eigenvalue weighted by Gasteiger charge is -2.32. The first-order chi connectivity index (χ1) is 19.0. The number of nitrogens with zero attached hydrogens (tertiary/aromatic N) is 2. The Morgan fingerprint density at radius 3 is 2.12 bits per heavy atom. The molecular weight excluding hydrogens is 546 g/mol. The number of amides is 2. The third-order valence-electron chi connectivity index (χ3n) is 6.39. The molecule has 0 fully saturated rings. The summed E-state index contributed by atoms with van der Waals surface area (Å²) < 4.78 is 26.3. The summed E-state index contributed by atoms with van der Waals surface area (Å²) >= 11 is 6.24. The largest absolute Gasteiger partial charge is 0.354 e. The van der Waals surface area contributed by atoms with Gasteiger partial charge in [-0.25, -0.2) is 8.42 Å². The van der Waals surface area contributed by atoms with Gasteiger partial charge in [0.15, 0.2) is 0 Å². The van der Waals surface area contributed by atoms with Gasteiger partial charge in [0.1, 0.15) is 6.04 Å². The maximum absolute atomic E-state index is 13.8. The number of carbonyl (C=O) groups is 2. The zero-order chi connectivity index (χ0) is 29.1. The molecule has 3 rings (SSSR count). The highest BCUT2D eigenvalue weighted by Gasteiger charge is 2.30. The SMILES string of the molecule is CC(C)CNC(=O)[C@@H](Cc1ccccc1)N(Cc1cccc(Cl)c1)C(=O)CCCN(c1ccccc1)S(C)(=O)=O. The molecule has 0 spiro atoms. The summed E-state index contributed by atoms with van der Waals surface area (Å²) in [7, 11) is -3.55. The van der Waals surface area contributed by atoms with Crippen LogP contribution in [0.5, 0.6) is 0 Å². The number of hydrogen-bond acceptors (Lipinski definition) is 4. The molecule has 0 bridgehead atoms. The van der Waals surface area contributed by atoms with Crippen LogP contribution in [0, 0.1) is 5.92 Å². The van der Waals surface area contributed by atoms with Gasteiger partial charge < -0.3 is 10.2 Å². The zero-order valence-corrected chi connectivity index (χ0v) is 24.9. The number of carbonyl (C=O) groups excluding carboxylic acids is 2. The Kier molecular flexibility index (Phi) is 11.6. The quantitative estimate of drug-likeness (QED) is 0.279. The molecule has 7 nitrogen and oxygen atoms in total. The molecular formula is C31H38ClN3O4S. The Balaban J connectivity index is 1.87. The lowest BCUT2D eigenvalue weighted by atomic mass is 10.0. The highest BCUT2D eigenvalue weighted by Crippen LogP contribution is 2.21. The molecule has 0 heterocycles. The number of anilines is 1. The molecule has 1 atom stereocenters. The second-order valence-electron chi connectivity index (χ2n) is 10.3. The van der Waals surface area contributed by atoms with Gasteiger partial charge in [-0.15, -0.1) is 0 Å². The average molecular weight is 584 g/mol. The van der Waals surface area contributed by atoms with Crippen molar-refractivity contribution >= 4 is 39.1 Å². The molecule has 40 heavy (non-hydrogen) atoms. The number of rotatable bonds is 14. The molecule has 0 aromatic heterocycles. The fourth-order valence-corrected chi connectivity index (χ4v) is 5.58. The molecule has 2 amide bonds. The van der Waals surface area contributed by atoms with E-state index in [9.17, 15) is 18.0 Å². The maximum atomic E-state index is 13.8. The van der Waals surface area contributed by atoms with Crippen LogP contribution in [-0.4, -0.2) is 50.5 Å². The summed E-state index contributed by atoms with van der Waals surface area (Å²) in [5.41, 5.74) is 2.28. The maximum Gasteiger partial charge on any atom is 0.243 e. The first-order valence-corrected chi connectivity index (χ1v) is 15.7. The van der Waals surface area contributed by atoms with Crippen molar-refractivity contribution in [3.8, 4) is 0 Å². The minimum atomic E-state index is -3.55. The van der Waals surface area contributed by atoms with Crippen LogP contribution in [0.15, 0.2) is 84.9 Å². The number of halogens is 1. The molecule has 0 saturated heterocycles. The summed E-state index contributed by atoms with van der Waals surface area (Å²) in [5, 5.41) is 3.55. The van der Waals surface area contributed by atoms with Gasteiger partial charge >= 0.3 is 0 Å². The van der Waals surface area contributed by atoms with E-state index < -0.39 is 16.1 Å². The number of para-hydroxylation sites is 1. The van der Waals surface area contributed by atoms with Crippen LogP contribution in [0.25, 0.3) is 0 Å². The lowest BCUT2D eigenvalue weighted by molar-refractivity contribution is -0.141. The smallest absolute Gasteiger partial charge is 0.243 e. The Hall–Kier alpha value is -3.36. The van der Waals surface area contributed by atoms with E-state index in [-0.39, 0.29) is 37.2 Å². The highest BCUT2D eigenvalue weighted by molar-refractivity contribution is 7.92. The predicted octanol–water partition coefficient (Wildman–Crippen LogP) is 5.30. The van der Waals surface area contributed by atoms with E-state index in [2.05, 4.69) is 5.32 Å². The Morgan fingerprint density at radius 2 is 1.52 bits per heavy atom. The average Bonchev–Trinajstić information content (AvgIpc) is 2.92. The normalized spacial score (nSPS) is 12.1. The zero-order valence-electron chi connectivity index (χ0n) is 23.3. The molecule has 214 valence electrons. The summed E-state index contributed by atoms with van der Waals surface area (Å²) in [6.07, 6.45) is 1.86. The summed E-state index contributed by atoms with van der Waals surface area (Å²) in [6, 6.07) is 24.9. The predicted molar refractivity (Wildman–Crippen MR) is 162 cm³/mol. The first-order valence-electron chi connectivity index (χ1n) is 13.4. The monoisotopic (exact) mass is 583 g/mol. The van der Waals surface area contributed by atoms with Gasteiger partial charge in [0.05, 0.1) is 11.9 Å². The van der Waals surface area contributed by atoms with E-state index >= 15 is 0 Å². The van der Waals surface area contributed by atoms with E-state index in [0.29, 0.717) is 30.1 Å². The number of hydrogen-bond donors (Lipinski definition) is 1. The molecule has 1 N–H and O–H groups in total. The van der Waals surface area contributed by atoms with Crippen LogP contribution in [0.3, 0.4) is 0 Å². The highest BCUT2D eigenvalue weighted by atomic mass is 35.5. The van der Waals surface area contributed by atoms with Crippen molar-refractivity contribution in [1.29, 1.82) is 0 Å². The third-order valence-corrected chi connectivity index (χ3v) is 7.82. The first kappa shape index (κ1) is 31.2. The van der Waals surface area contributed by atoms with Gasteiger partial charge in [0.25, 0.3) is 0 Å². The number of nitrogens with one attached hydrogen (secondary N) is 1. The standard InChI is InChI=1S/C31H38ClN3O4S/c1-24(2)22-33-31(37)29(21-25-12-6-4-7-13-25)34(23-26-14-10-15-27(32)20-26)30(36)18-11-19-35(40(3,38)39)28-16-8-5-9-17-28/h4-10,12-17,20,24,29H,11,18-19,21-23H2,1-3H3,(H,33,37)/t29-/m1/s1. The Labute approximate surface area is 243 Å². The molecule has 0 radical (unpaired) electrons. The van der Waals surface area contributed by atoms with Crippen LogP contribution >= 0.6 is 11.6 Å². The minimum absolute atomic E-state index is 0.0716. The van der Waals surface area contributed by atoms with E-state index in [1.165, 1.54) is 4.31 Å². The third kappa shape index (κ3) is 9.68. The van der Waals surface area contributed by atoms with Crippen molar-refractivity contribution in [2.24, 2.45) is 5.92 Å². The molecule has 0 unspecified atom stereocenters. The minimum Gasteiger partial charge on any atom is -0.354 e. The van der Waals surface area contributed by atoms with E-state index in [1.54, 1.807) is 41.3 Å². The van der Waals surface area contributed by atoms with Crippen molar-refractivity contribution in [3.05, 3.63) is 101 Å². The van der Waals surface area contributed by atoms with Gasteiger partial charge in [0, 0.05) is 37.5 Å². The molecule has 0 saturated carbocycles. The van der Waals surface area contributed by atoms with E-state index in [0.717, 1.165) is 17.4 Å². The van der Waals surface area contributed by atoms with Crippen LogP contribution in [0.1, 0.15) is 37.8 Å². The van der Waals surface area contributed by atoms with Crippen molar-refractivity contribution < 1.29 is 18.0 Å². The topological polar surface area (TPSA) is 86.8 Å². The van der Waals surface area contributed by atoms with Crippen LogP contribution in [-0.2, 0) is 32.6 Å². The van der Waals surface area contributed by atoms with Crippen molar-refractivity contribution in [1.82, 2.24) is 10.2 Å². The van der Waals surface area contributed by atoms with Gasteiger partial charge in [0.2, 0.25) is 21.8 Å². The lowest BCUT2D eigenvalue weighted by Crippen LogP contribution is -2.51. The van der Waals surface area contributed by atoms with Crippen LogP contribution in [0.4, 0.5) is 5.69 Å². The Morgan fingerprint density at radius 1 is 0.900 bits per heavy atom. The molecule has 0 aliphatic carbocycles. The van der Waals surface area contributed by atoms with Crippen molar-refractivity contribution in [3.63, 3.8) is 0 Å². The van der Waals surface area contributed by atoms with Gasteiger partial charge in [-0.2, -0.15) is 0 Å². The second-order valence-corrected chi connectivity index (χ2v) is 12.6. The van der Waals surface area contributed by atoms with Crippen molar-refractivity contribution in [2.45, 2.75) is 45.7 Å². The number of sulfonamides is 1. The summed E-state index contributed by atoms with van der Waals surface area (Å²) in [4.78, 5) is 29.0. The van der Waals surface area contributed by atoms with Crippen LogP contribution in [0.2, 0.25) is 5.02 Å². The summed E-state index contributed by atoms with van der Waals surface area (Å²) in [5.74, 6) is -0.213. The molecule has 0 aliphatic rings. The second kappa shape index (κ2) is 14.9. The van der Waals surface area contributed by atoms with E-state index in [1.807, 2.05) is 62.4 Å². The van der Waals surface area contributed by atoms with Gasteiger partial charge in [-0.3, -0.25) is 13.9 Å². The molecule has 0 aliphatic heterocycles. The fourth-order valence-electron chi connectivity index (χ4n) is 4.41. The van der Waals surface area contributed by atoms with Gasteiger partial charge in [-0.05, 0) is 47.7 Å². The molecule has 3 aromatic carbocycles. The number of benzene rings is 3. The summed E-state index contributed by atoms with van der Waals surface area (Å²) in [6.45, 7) is 4.86. The van der Waals surface area contributed by atoms with E-state index in [4.69, 9.17) is 11.6 Å².